The van der Waals surface area contributed by atoms with Gasteiger partial charge >= 0.3 is 0 Å². The van der Waals surface area contributed by atoms with E-state index in [2.05, 4.69) is 36.4 Å². The number of benzene rings is 2. The quantitative estimate of drug-likeness (QED) is 0.359. The van der Waals surface area contributed by atoms with E-state index in [1.54, 1.807) is 13.8 Å². The van der Waals surface area contributed by atoms with Gasteiger partial charge in [-0.05, 0) is 43.0 Å². The molecular weight excluding hydrogens is 410 g/mol. The van der Waals surface area contributed by atoms with Crippen LogP contribution in [0, 0.1) is 17.0 Å². The molecule has 2 N–H and O–H groups in total. The van der Waals surface area contributed by atoms with Gasteiger partial charge in [0.15, 0.2) is 0 Å². The first-order valence-corrected chi connectivity index (χ1v) is 10.0. The summed E-state index contributed by atoms with van der Waals surface area (Å²) in [6, 6.07) is 13.3. The van der Waals surface area contributed by atoms with E-state index in [0.717, 1.165) is 5.56 Å². The molecule has 32 heavy (non-hydrogen) atoms. The van der Waals surface area contributed by atoms with Crippen LogP contribution in [0.25, 0.3) is 5.69 Å². The highest BCUT2D eigenvalue weighted by Crippen LogP contribution is 2.23. The highest BCUT2D eigenvalue weighted by Gasteiger charge is 2.20. The lowest BCUT2D eigenvalue weighted by Gasteiger charge is -2.19. The van der Waals surface area contributed by atoms with E-state index >= 15 is 0 Å². The van der Waals surface area contributed by atoms with Crippen molar-refractivity contribution in [2.24, 2.45) is 5.10 Å². The molecule has 0 aliphatic heterocycles. The first kappa shape index (κ1) is 22.7. The van der Waals surface area contributed by atoms with E-state index in [-0.39, 0.29) is 27.9 Å². The summed E-state index contributed by atoms with van der Waals surface area (Å²) in [6.07, 6.45) is 0. The summed E-state index contributed by atoms with van der Waals surface area (Å²) < 4.78 is 1.42. The van der Waals surface area contributed by atoms with Crippen molar-refractivity contribution in [1.82, 2.24) is 15.2 Å². The molecule has 0 spiro atoms. The molecule has 0 saturated carbocycles. The van der Waals surface area contributed by atoms with Crippen molar-refractivity contribution in [1.29, 1.82) is 0 Å². The maximum Gasteiger partial charge on any atom is 0.282 e. The fraction of sp³-hybridized carbons (Fsp3) is 0.261. The molecule has 3 rings (SSSR count). The van der Waals surface area contributed by atoms with Crippen LogP contribution in [-0.2, 0) is 5.41 Å². The van der Waals surface area contributed by atoms with Gasteiger partial charge < -0.3 is 0 Å². The predicted molar refractivity (Wildman–Crippen MR) is 123 cm³/mol. The minimum Gasteiger partial charge on any atom is -0.295 e. The SMILES string of the molecule is CC(=NNC(=O)c1ccccc1[N+](=O)[O-])c1c(C)[nH]n(-c2ccc(C(C)(C)C)cc2)c1=O. The maximum absolute atomic E-state index is 13.0. The first-order valence-electron chi connectivity index (χ1n) is 10.0. The second-order valence-electron chi connectivity index (χ2n) is 8.46. The van der Waals surface area contributed by atoms with Gasteiger partial charge in [-0.1, -0.05) is 45.0 Å². The summed E-state index contributed by atoms with van der Waals surface area (Å²) >= 11 is 0. The second-order valence-corrected chi connectivity index (χ2v) is 8.46. The lowest BCUT2D eigenvalue weighted by atomic mass is 9.87. The molecule has 0 bridgehead atoms. The molecule has 166 valence electrons. The number of nitrogens with one attached hydrogen (secondary N) is 2. The molecule has 1 aromatic heterocycles. The van der Waals surface area contributed by atoms with Crippen LogP contribution >= 0.6 is 0 Å². The van der Waals surface area contributed by atoms with Crippen molar-refractivity contribution in [2.45, 2.75) is 40.0 Å². The largest absolute Gasteiger partial charge is 0.295 e. The Morgan fingerprint density at radius 1 is 1.12 bits per heavy atom. The van der Waals surface area contributed by atoms with Gasteiger partial charge in [0, 0.05) is 11.8 Å². The number of hydrogen-bond acceptors (Lipinski definition) is 5. The number of hydrazone groups is 1. The van der Waals surface area contributed by atoms with Crippen LogP contribution in [0.5, 0.6) is 0 Å². The summed E-state index contributed by atoms with van der Waals surface area (Å²) in [5, 5.41) is 18.2. The van der Waals surface area contributed by atoms with Crippen molar-refractivity contribution in [3.63, 3.8) is 0 Å². The number of hydrogen-bond donors (Lipinski definition) is 2. The lowest BCUT2D eigenvalue weighted by Crippen LogP contribution is -2.24. The van der Waals surface area contributed by atoms with Crippen molar-refractivity contribution < 1.29 is 9.72 Å². The molecule has 1 heterocycles. The zero-order valence-corrected chi connectivity index (χ0v) is 18.6. The number of aromatic amines is 1. The lowest BCUT2D eigenvalue weighted by molar-refractivity contribution is -0.385. The third-order valence-electron chi connectivity index (χ3n) is 5.10. The summed E-state index contributed by atoms with van der Waals surface area (Å²) in [6.45, 7) is 9.67. The van der Waals surface area contributed by atoms with Gasteiger partial charge in [-0.2, -0.15) is 5.10 Å². The highest BCUT2D eigenvalue weighted by atomic mass is 16.6. The van der Waals surface area contributed by atoms with Crippen molar-refractivity contribution in [3.8, 4) is 5.69 Å². The van der Waals surface area contributed by atoms with Crippen LogP contribution in [0.1, 0.15) is 54.9 Å². The number of nitrogens with zero attached hydrogens (tertiary/aromatic N) is 3. The van der Waals surface area contributed by atoms with Crippen molar-refractivity contribution >= 4 is 17.3 Å². The van der Waals surface area contributed by atoms with Crippen molar-refractivity contribution in [2.75, 3.05) is 0 Å². The van der Waals surface area contributed by atoms with Gasteiger partial charge in [0.25, 0.3) is 17.2 Å². The second kappa shape index (κ2) is 8.62. The van der Waals surface area contributed by atoms with E-state index in [9.17, 15) is 19.7 Å². The minimum absolute atomic E-state index is 0.00438. The maximum atomic E-state index is 13.0. The Morgan fingerprint density at radius 2 is 1.75 bits per heavy atom. The zero-order chi connectivity index (χ0) is 23.6. The number of aryl methyl sites for hydroxylation is 1. The fourth-order valence-electron chi connectivity index (χ4n) is 3.34. The molecule has 0 fully saturated rings. The van der Waals surface area contributed by atoms with Crippen LogP contribution in [0.4, 0.5) is 5.69 Å². The Balaban J connectivity index is 1.88. The van der Waals surface area contributed by atoms with Gasteiger partial charge in [-0.3, -0.25) is 24.8 Å². The van der Waals surface area contributed by atoms with Crippen LogP contribution in [0.15, 0.2) is 58.4 Å². The predicted octanol–water partition coefficient (Wildman–Crippen LogP) is 3.83. The molecule has 9 nitrogen and oxygen atoms in total. The van der Waals surface area contributed by atoms with Gasteiger partial charge in [-0.15, -0.1) is 0 Å². The van der Waals surface area contributed by atoms with Crippen LogP contribution < -0.4 is 11.0 Å². The summed E-state index contributed by atoms with van der Waals surface area (Å²) in [4.78, 5) is 35.9. The molecule has 3 aromatic rings. The molecule has 0 radical (unpaired) electrons. The van der Waals surface area contributed by atoms with E-state index in [1.165, 1.54) is 28.9 Å². The van der Waals surface area contributed by atoms with Crippen LogP contribution in [0.3, 0.4) is 0 Å². The molecule has 2 aromatic carbocycles. The minimum atomic E-state index is -0.733. The van der Waals surface area contributed by atoms with E-state index in [0.29, 0.717) is 16.9 Å². The topological polar surface area (TPSA) is 122 Å². The number of nitro benzene ring substituents is 1. The number of aromatic nitrogens is 2. The van der Waals surface area contributed by atoms with Crippen LogP contribution in [0.2, 0.25) is 0 Å². The molecular formula is C23H25N5O4. The molecule has 0 atom stereocenters. The Labute approximate surface area is 184 Å². The van der Waals surface area contributed by atoms with E-state index in [1.807, 2.05) is 24.3 Å². The summed E-state index contributed by atoms with van der Waals surface area (Å²) in [7, 11) is 0. The number of rotatable bonds is 5. The molecule has 0 saturated heterocycles. The normalized spacial score (nSPS) is 12.0. The molecule has 9 heteroatoms. The fourth-order valence-corrected chi connectivity index (χ4v) is 3.34. The van der Waals surface area contributed by atoms with E-state index in [4.69, 9.17) is 0 Å². The third-order valence-corrected chi connectivity index (χ3v) is 5.10. The monoisotopic (exact) mass is 435 g/mol. The first-order chi connectivity index (χ1) is 15.0. The Bertz CT molecular complexity index is 1260. The van der Waals surface area contributed by atoms with Gasteiger partial charge in [0.05, 0.1) is 21.9 Å². The Hall–Kier alpha value is -4.01. The molecule has 0 unspecified atom stereocenters. The van der Waals surface area contributed by atoms with Gasteiger partial charge in [0.2, 0.25) is 0 Å². The number of H-pyrrole nitrogens is 1. The third kappa shape index (κ3) is 4.51. The number of carbonyl (C=O) groups excluding carboxylic acids is 1. The highest BCUT2D eigenvalue weighted by molar-refractivity contribution is 6.02. The van der Waals surface area contributed by atoms with E-state index < -0.39 is 10.8 Å². The van der Waals surface area contributed by atoms with Gasteiger partial charge in [-0.25, -0.2) is 10.1 Å². The summed E-state index contributed by atoms with van der Waals surface area (Å²) in [5.41, 5.74) is 4.54. The number of amides is 1. The number of nitro groups is 1. The van der Waals surface area contributed by atoms with Crippen molar-refractivity contribution in [3.05, 3.63) is 91.4 Å². The Morgan fingerprint density at radius 3 is 2.34 bits per heavy atom. The molecule has 1 amide bonds. The zero-order valence-electron chi connectivity index (χ0n) is 18.6. The Kier molecular flexibility index (Phi) is 6.11. The number of para-hydroxylation sites is 1. The number of carbonyl (C=O) groups is 1. The van der Waals surface area contributed by atoms with Crippen LogP contribution in [-0.4, -0.2) is 26.3 Å². The summed E-state index contributed by atoms with van der Waals surface area (Å²) in [5.74, 6) is -0.733. The average Bonchev–Trinajstić information content (AvgIpc) is 3.05. The standard InChI is InChI=1S/C23H25N5O4/c1-14(24-25-21(29)18-8-6-7-9-19(18)28(31)32)20-15(2)26-27(22(20)30)17-12-10-16(11-13-17)23(3,4)5/h6-13,26H,1-5H3,(H,25,29). The molecule has 0 aliphatic carbocycles. The molecule has 0 aliphatic rings. The smallest absolute Gasteiger partial charge is 0.282 e. The van der Waals surface area contributed by atoms with Gasteiger partial charge in [0.1, 0.15) is 5.56 Å². The average molecular weight is 435 g/mol.